The van der Waals surface area contributed by atoms with E-state index in [0.29, 0.717) is 41.5 Å². The summed E-state index contributed by atoms with van der Waals surface area (Å²) in [5, 5.41) is 10.6. The molecule has 138 valence electrons. The highest BCUT2D eigenvalue weighted by atomic mass is 35.5. The van der Waals surface area contributed by atoms with Crippen LogP contribution in [0.1, 0.15) is 5.56 Å². The summed E-state index contributed by atoms with van der Waals surface area (Å²) in [6.45, 7) is 2.16. The first-order chi connectivity index (χ1) is 12.7. The fraction of sp³-hybridized carbons (Fsp3) is 0.294. The third kappa shape index (κ3) is 4.83. The highest BCUT2D eigenvalue weighted by Gasteiger charge is 2.13. The number of nitrogens with one attached hydrogen (secondary N) is 3. The number of benzene rings is 1. The van der Waals surface area contributed by atoms with E-state index in [9.17, 15) is 0 Å². The van der Waals surface area contributed by atoms with Crippen LogP contribution in [-0.4, -0.2) is 37.9 Å². The zero-order valence-electron chi connectivity index (χ0n) is 14.2. The molecule has 0 unspecified atom stereocenters. The molecule has 1 aromatic carbocycles. The van der Waals surface area contributed by atoms with E-state index in [1.54, 1.807) is 19.3 Å². The first-order valence-electron chi connectivity index (χ1n) is 8.03. The van der Waals surface area contributed by atoms with Crippen molar-refractivity contribution in [3.63, 3.8) is 0 Å². The van der Waals surface area contributed by atoms with E-state index in [0.717, 1.165) is 17.1 Å². The lowest BCUT2D eigenvalue weighted by molar-refractivity contribution is 0.174. The van der Waals surface area contributed by atoms with Crippen molar-refractivity contribution in [2.75, 3.05) is 32.2 Å². The van der Waals surface area contributed by atoms with Crippen LogP contribution >= 0.6 is 23.2 Å². The van der Waals surface area contributed by atoms with Gasteiger partial charge in [-0.05, 0) is 23.8 Å². The number of anilines is 1. The highest BCUT2D eigenvalue weighted by molar-refractivity contribution is 6.35. The number of guanidine groups is 1. The molecule has 3 N–H and O–H groups in total. The van der Waals surface area contributed by atoms with Gasteiger partial charge in [-0.15, -0.1) is 0 Å². The van der Waals surface area contributed by atoms with Crippen LogP contribution in [0.5, 0.6) is 11.5 Å². The summed E-state index contributed by atoms with van der Waals surface area (Å²) in [4.78, 5) is 8.35. The number of ether oxygens (including phenoxy) is 2. The normalized spacial score (nSPS) is 12.8. The van der Waals surface area contributed by atoms with E-state index in [2.05, 4.69) is 25.9 Å². The Balaban J connectivity index is 1.42. The number of rotatable bonds is 6. The summed E-state index contributed by atoms with van der Waals surface area (Å²) in [5.41, 5.74) is 1.08. The highest BCUT2D eigenvalue weighted by Crippen LogP contribution is 2.32. The van der Waals surface area contributed by atoms with Crippen LogP contribution in [0.3, 0.4) is 0 Å². The average Bonchev–Trinajstić information content (AvgIpc) is 3.10. The molecule has 0 atom stereocenters. The van der Waals surface area contributed by atoms with Crippen molar-refractivity contribution < 1.29 is 9.47 Å². The largest absolute Gasteiger partial charge is 0.454 e. The lowest BCUT2D eigenvalue weighted by atomic mass is 10.2. The maximum atomic E-state index is 6.07. The number of nitrogens with zero attached hydrogens (tertiary/aromatic N) is 2. The number of pyridine rings is 1. The molecule has 0 aliphatic carbocycles. The Bertz CT molecular complexity index is 801. The first kappa shape index (κ1) is 18.4. The van der Waals surface area contributed by atoms with Gasteiger partial charge >= 0.3 is 0 Å². The molecule has 2 heterocycles. The lowest BCUT2D eigenvalue weighted by Crippen LogP contribution is -2.39. The minimum absolute atomic E-state index is 0.273. The van der Waals surface area contributed by atoms with Gasteiger partial charge in [0.2, 0.25) is 6.79 Å². The van der Waals surface area contributed by atoms with Gasteiger partial charge in [0.1, 0.15) is 5.82 Å². The van der Waals surface area contributed by atoms with Crippen LogP contribution in [0.25, 0.3) is 0 Å². The topological polar surface area (TPSA) is 79.8 Å². The fourth-order valence-corrected chi connectivity index (χ4v) is 2.81. The van der Waals surface area contributed by atoms with Gasteiger partial charge in [-0.2, -0.15) is 0 Å². The number of aromatic nitrogens is 1. The molecule has 0 spiro atoms. The average molecular weight is 396 g/mol. The Morgan fingerprint density at radius 1 is 1.15 bits per heavy atom. The van der Waals surface area contributed by atoms with Crippen LogP contribution < -0.4 is 25.4 Å². The maximum absolute atomic E-state index is 6.07. The molecule has 9 heteroatoms. The third-order valence-electron chi connectivity index (χ3n) is 3.64. The van der Waals surface area contributed by atoms with E-state index in [-0.39, 0.29) is 6.79 Å². The van der Waals surface area contributed by atoms with Crippen LogP contribution in [0.15, 0.2) is 35.5 Å². The second kappa shape index (κ2) is 8.82. The molecule has 0 fully saturated rings. The standard InChI is InChI=1S/C17H19Cl2N5O2/c1-20-17(22-5-4-21-16-13(19)7-12(18)9-23-16)24-8-11-2-3-14-15(6-11)26-10-25-14/h2-3,6-7,9H,4-5,8,10H2,1H3,(H,21,23)(H2,20,22,24). The number of halogens is 2. The van der Waals surface area contributed by atoms with Crippen molar-refractivity contribution in [2.45, 2.75) is 6.54 Å². The molecule has 1 aliphatic heterocycles. The second-order valence-corrected chi connectivity index (χ2v) is 6.29. The lowest BCUT2D eigenvalue weighted by Gasteiger charge is -2.13. The number of fused-ring (bicyclic) bond motifs is 1. The van der Waals surface area contributed by atoms with Gasteiger partial charge in [0.25, 0.3) is 0 Å². The Labute approximate surface area is 161 Å². The van der Waals surface area contributed by atoms with Crippen LogP contribution in [0.4, 0.5) is 5.82 Å². The monoisotopic (exact) mass is 395 g/mol. The van der Waals surface area contributed by atoms with Crippen LogP contribution in [0, 0.1) is 0 Å². The predicted molar refractivity (Wildman–Crippen MR) is 104 cm³/mol. The third-order valence-corrected chi connectivity index (χ3v) is 4.13. The summed E-state index contributed by atoms with van der Waals surface area (Å²) in [5.74, 6) is 2.83. The van der Waals surface area contributed by atoms with Gasteiger partial charge in [0.15, 0.2) is 17.5 Å². The molecule has 3 rings (SSSR count). The second-order valence-electron chi connectivity index (χ2n) is 5.45. The molecule has 0 radical (unpaired) electrons. The van der Waals surface area contributed by atoms with Crippen molar-refractivity contribution in [2.24, 2.45) is 4.99 Å². The van der Waals surface area contributed by atoms with Gasteiger partial charge in [0.05, 0.1) is 10.0 Å². The quantitative estimate of drug-likeness (QED) is 0.396. The summed E-state index contributed by atoms with van der Waals surface area (Å²) in [6, 6.07) is 7.50. The van der Waals surface area contributed by atoms with Gasteiger partial charge in [-0.25, -0.2) is 4.98 Å². The van der Waals surface area contributed by atoms with Gasteiger partial charge in [0, 0.05) is 32.9 Å². The Morgan fingerprint density at radius 2 is 2.00 bits per heavy atom. The van der Waals surface area contributed by atoms with Crippen molar-refractivity contribution in [1.29, 1.82) is 0 Å². The van der Waals surface area contributed by atoms with Gasteiger partial charge in [-0.3, -0.25) is 4.99 Å². The van der Waals surface area contributed by atoms with E-state index in [4.69, 9.17) is 32.7 Å². The van der Waals surface area contributed by atoms with Crippen LogP contribution in [-0.2, 0) is 6.54 Å². The fourth-order valence-electron chi connectivity index (χ4n) is 2.36. The molecule has 1 aliphatic rings. The molecular formula is C17H19Cl2N5O2. The van der Waals surface area contributed by atoms with E-state index in [1.807, 2.05) is 18.2 Å². The molecule has 0 saturated carbocycles. The minimum atomic E-state index is 0.273. The Hall–Kier alpha value is -2.38. The summed E-state index contributed by atoms with van der Waals surface area (Å²) < 4.78 is 10.7. The molecule has 0 bridgehead atoms. The zero-order valence-corrected chi connectivity index (χ0v) is 15.7. The van der Waals surface area contributed by atoms with Gasteiger partial charge in [-0.1, -0.05) is 29.3 Å². The predicted octanol–water partition coefficient (Wildman–Crippen LogP) is 2.89. The van der Waals surface area contributed by atoms with Crippen molar-refractivity contribution >= 4 is 35.0 Å². The van der Waals surface area contributed by atoms with Crippen molar-refractivity contribution in [1.82, 2.24) is 15.6 Å². The minimum Gasteiger partial charge on any atom is -0.454 e. The summed E-state index contributed by atoms with van der Waals surface area (Å²) in [6.07, 6.45) is 1.55. The Kier molecular flexibility index (Phi) is 6.25. The Morgan fingerprint density at radius 3 is 2.81 bits per heavy atom. The molecule has 2 aromatic rings. The molecule has 7 nitrogen and oxygen atoms in total. The van der Waals surface area contributed by atoms with Crippen molar-refractivity contribution in [3.8, 4) is 11.5 Å². The van der Waals surface area contributed by atoms with E-state index >= 15 is 0 Å². The molecule has 26 heavy (non-hydrogen) atoms. The van der Waals surface area contributed by atoms with Gasteiger partial charge < -0.3 is 25.4 Å². The molecule has 0 saturated heterocycles. The van der Waals surface area contributed by atoms with E-state index in [1.165, 1.54) is 0 Å². The molecule has 1 aromatic heterocycles. The van der Waals surface area contributed by atoms with Crippen molar-refractivity contribution in [3.05, 3.63) is 46.1 Å². The van der Waals surface area contributed by atoms with Crippen LogP contribution in [0.2, 0.25) is 10.0 Å². The molecule has 0 amide bonds. The first-order valence-corrected chi connectivity index (χ1v) is 8.79. The smallest absolute Gasteiger partial charge is 0.231 e. The van der Waals surface area contributed by atoms with E-state index < -0.39 is 0 Å². The SMILES string of the molecule is CN=C(NCCNc1ncc(Cl)cc1Cl)NCc1ccc2c(c1)OCO2. The number of hydrogen-bond acceptors (Lipinski definition) is 5. The summed E-state index contributed by atoms with van der Waals surface area (Å²) >= 11 is 11.9. The maximum Gasteiger partial charge on any atom is 0.231 e. The molecular weight excluding hydrogens is 377 g/mol. The number of hydrogen-bond donors (Lipinski definition) is 3. The summed E-state index contributed by atoms with van der Waals surface area (Å²) in [7, 11) is 1.72. The zero-order chi connectivity index (χ0) is 18.4. The number of aliphatic imine (C=N–C) groups is 1.